The number of rotatable bonds is 3. The molecular weight excluding hydrogens is 156 g/mol. The summed E-state index contributed by atoms with van der Waals surface area (Å²) < 4.78 is 0. The standard InChI is InChI=1S/C13H22/c1-10(2)7-8-12(5)9-13(6)11(3)4/h7-9,11H,1-6H3/b12-8-,13-9+. The third-order valence-corrected chi connectivity index (χ3v) is 2.05. The SMILES string of the molecule is CC(C)=C/C=C(C)\C=C(/C)C(C)C. The summed E-state index contributed by atoms with van der Waals surface area (Å²) in [5, 5.41) is 0. The van der Waals surface area contributed by atoms with Crippen molar-refractivity contribution in [3.63, 3.8) is 0 Å². The molecule has 0 saturated heterocycles. The largest absolute Gasteiger partial charge is 0.0764 e. The Morgan fingerprint density at radius 1 is 0.923 bits per heavy atom. The molecule has 13 heavy (non-hydrogen) atoms. The Morgan fingerprint density at radius 3 is 1.85 bits per heavy atom. The van der Waals surface area contributed by atoms with Crippen molar-refractivity contribution in [2.75, 3.05) is 0 Å². The van der Waals surface area contributed by atoms with Crippen LogP contribution in [0.3, 0.4) is 0 Å². The average molecular weight is 178 g/mol. The van der Waals surface area contributed by atoms with Crippen LogP contribution in [0.25, 0.3) is 0 Å². The van der Waals surface area contributed by atoms with E-state index in [9.17, 15) is 0 Å². The lowest BCUT2D eigenvalue weighted by atomic mass is 10.0. The zero-order valence-electron chi connectivity index (χ0n) is 9.81. The third-order valence-electron chi connectivity index (χ3n) is 2.05. The van der Waals surface area contributed by atoms with E-state index in [1.165, 1.54) is 16.7 Å². The lowest BCUT2D eigenvalue weighted by Gasteiger charge is -2.04. The average Bonchev–Trinajstić information content (AvgIpc) is 2.00. The van der Waals surface area contributed by atoms with Gasteiger partial charge in [0.05, 0.1) is 0 Å². The topological polar surface area (TPSA) is 0 Å². The molecule has 0 aliphatic rings. The molecule has 0 heteroatoms. The summed E-state index contributed by atoms with van der Waals surface area (Å²) in [4.78, 5) is 0. The van der Waals surface area contributed by atoms with E-state index in [2.05, 4.69) is 59.8 Å². The number of hydrogen-bond donors (Lipinski definition) is 0. The Bertz CT molecular complexity index is 233. The highest BCUT2D eigenvalue weighted by Gasteiger charge is 1.94. The van der Waals surface area contributed by atoms with Gasteiger partial charge in [0.15, 0.2) is 0 Å². The van der Waals surface area contributed by atoms with Crippen LogP contribution in [-0.4, -0.2) is 0 Å². The van der Waals surface area contributed by atoms with Crippen LogP contribution < -0.4 is 0 Å². The minimum atomic E-state index is 0.648. The Kier molecular flexibility index (Phi) is 5.45. The Morgan fingerprint density at radius 2 is 1.46 bits per heavy atom. The van der Waals surface area contributed by atoms with Gasteiger partial charge in [0.25, 0.3) is 0 Å². The quantitative estimate of drug-likeness (QED) is 0.558. The first kappa shape index (κ1) is 12.2. The zero-order valence-corrected chi connectivity index (χ0v) is 9.81. The van der Waals surface area contributed by atoms with Gasteiger partial charge in [0.1, 0.15) is 0 Å². The lowest BCUT2D eigenvalue weighted by Crippen LogP contribution is -1.88. The second-order valence-corrected chi connectivity index (χ2v) is 4.20. The maximum Gasteiger partial charge on any atom is -0.0260 e. The van der Waals surface area contributed by atoms with Crippen molar-refractivity contribution in [3.05, 3.63) is 34.9 Å². The summed E-state index contributed by atoms with van der Waals surface area (Å²) in [6.07, 6.45) is 6.57. The highest BCUT2D eigenvalue weighted by atomic mass is 14.0. The second-order valence-electron chi connectivity index (χ2n) is 4.20. The summed E-state index contributed by atoms with van der Waals surface area (Å²) in [6.45, 7) is 13.0. The van der Waals surface area contributed by atoms with Gasteiger partial charge in [0.2, 0.25) is 0 Å². The first-order valence-electron chi connectivity index (χ1n) is 4.93. The molecule has 0 rings (SSSR count). The monoisotopic (exact) mass is 178 g/mol. The summed E-state index contributed by atoms with van der Waals surface area (Å²) in [5.41, 5.74) is 4.11. The van der Waals surface area contributed by atoms with Gasteiger partial charge in [-0.3, -0.25) is 0 Å². The highest BCUT2D eigenvalue weighted by molar-refractivity contribution is 5.26. The van der Waals surface area contributed by atoms with E-state index >= 15 is 0 Å². The molecule has 0 amide bonds. The van der Waals surface area contributed by atoms with Crippen LogP contribution in [-0.2, 0) is 0 Å². The molecule has 0 aromatic heterocycles. The summed E-state index contributed by atoms with van der Waals surface area (Å²) >= 11 is 0. The van der Waals surface area contributed by atoms with Gasteiger partial charge in [0, 0.05) is 0 Å². The summed E-state index contributed by atoms with van der Waals surface area (Å²) in [5.74, 6) is 0.648. The molecule has 0 atom stereocenters. The van der Waals surface area contributed by atoms with Crippen molar-refractivity contribution < 1.29 is 0 Å². The molecule has 74 valence electrons. The van der Waals surface area contributed by atoms with Gasteiger partial charge in [-0.25, -0.2) is 0 Å². The van der Waals surface area contributed by atoms with E-state index in [1.807, 2.05) is 0 Å². The fraction of sp³-hybridized carbons (Fsp3) is 0.538. The van der Waals surface area contributed by atoms with Crippen LogP contribution in [0.15, 0.2) is 34.9 Å². The molecule has 0 N–H and O–H groups in total. The maximum atomic E-state index is 2.25. The van der Waals surface area contributed by atoms with Gasteiger partial charge < -0.3 is 0 Å². The van der Waals surface area contributed by atoms with Crippen molar-refractivity contribution >= 4 is 0 Å². The van der Waals surface area contributed by atoms with Crippen molar-refractivity contribution in [1.29, 1.82) is 0 Å². The molecule has 0 fully saturated rings. The van der Waals surface area contributed by atoms with E-state index in [0.717, 1.165) is 0 Å². The van der Waals surface area contributed by atoms with E-state index < -0.39 is 0 Å². The molecule has 0 spiro atoms. The van der Waals surface area contributed by atoms with Crippen molar-refractivity contribution in [2.24, 2.45) is 5.92 Å². The van der Waals surface area contributed by atoms with Crippen molar-refractivity contribution in [2.45, 2.75) is 41.5 Å². The number of hydrogen-bond acceptors (Lipinski definition) is 0. The van der Waals surface area contributed by atoms with Crippen molar-refractivity contribution in [3.8, 4) is 0 Å². The third kappa shape index (κ3) is 6.39. The normalized spacial score (nSPS) is 13.5. The van der Waals surface area contributed by atoms with E-state index in [-0.39, 0.29) is 0 Å². The number of allylic oxidation sites excluding steroid dienone is 6. The van der Waals surface area contributed by atoms with E-state index in [1.54, 1.807) is 0 Å². The molecule has 0 aliphatic heterocycles. The van der Waals surface area contributed by atoms with Gasteiger partial charge in [-0.15, -0.1) is 0 Å². The molecular formula is C13H22. The van der Waals surface area contributed by atoms with Crippen LogP contribution in [0.5, 0.6) is 0 Å². The van der Waals surface area contributed by atoms with Crippen LogP contribution in [0.1, 0.15) is 41.5 Å². The molecule has 0 heterocycles. The molecule has 0 bridgehead atoms. The Hall–Kier alpha value is -0.780. The minimum Gasteiger partial charge on any atom is -0.0764 e. The predicted molar refractivity (Wildman–Crippen MR) is 61.8 cm³/mol. The molecule has 0 aliphatic carbocycles. The van der Waals surface area contributed by atoms with Gasteiger partial charge in [-0.1, -0.05) is 48.8 Å². The molecule has 0 radical (unpaired) electrons. The van der Waals surface area contributed by atoms with Crippen molar-refractivity contribution in [1.82, 2.24) is 0 Å². The summed E-state index contributed by atoms with van der Waals surface area (Å²) in [7, 11) is 0. The van der Waals surface area contributed by atoms with Gasteiger partial charge in [-0.2, -0.15) is 0 Å². The van der Waals surface area contributed by atoms with E-state index in [4.69, 9.17) is 0 Å². The smallest absolute Gasteiger partial charge is 0.0260 e. The molecule has 0 saturated carbocycles. The minimum absolute atomic E-state index is 0.648. The van der Waals surface area contributed by atoms with Crippen LogP contribution in [0.4, 0.5) is 0 Å². The zero-order chi connectivity index (χ0) is 10.4. The second kappa shape index (κ2) is 5.80. The fourth-order valence-corrected chi connectivity index (χ4v) is 0.872. The van der Waals surface area contributed by atoms with Gasteiger partial charge >= 0.3 is 0 Å². The van der Waals surface area contributed by atoms with Gasteiger partial charge in [-0.05, 0) is 33.6 Å². The summed E-state index contributed by atoms with van der Waals surface area (Å²) in [6, 6.07) is 0. The van der Waals surface area contributed by atoms with E-state index in [0.29, 0.717) is 5.92 Å². The fourth-order valence-electron chi connectivity index (χ4n) is 0.872. The maximum absolute atomic E-state index is 2.25. The Labute approximate surface area is 83.0 Å². The Balaban J connectivity index is 4.45. The van der Waals surface area contributed by atoms with Crippen LogP contribution in [0.2, 0.25) is 0 Å². The molecule has 0 unspecified atom stereocenters. The first-order chi connectivity index (χ1) is 5.93. The highest BCUT2D eigenvalue weighted by Crippen LogP contribution is 2.11. The molecule has 0 aromatic carbocycles. The molecule has 0 aromatic rings. The lowest BCUT2D eigenvalue weighted by molar-refractivity contribution is 0.768. The molecule has 0 nitrogen and oxygen atoms in total. The van der Waals surface area contributed by atoms with Crippen LogP contribution >= 0.6 is 0 Å². The first-order valence-corrected chi connectivity index (χ1v) is 4.93. The van der Waals surface area contributed by atoms with Crippen LogP contribution in [0, 0.1) is 5.92 Å². The predicted octanol–water partition coefficient (Wildman–Crippen LogP) is 4.50.